The molecule has 1 heterocycles. The summed E-state index contributed by atoms with van der Waals surface area (Å²) in [6.07, 6.45) is -0.842. The molecule has 1 saturated heterocycles. The topological polar surface area (TPSA) is 44.8 Å². The number of carbonyl (C=O) groups excluding carboxylic acids is 1. The molecular weight excluding hydrogens is 292 g/mol. The first-order valence-corrected chi connectivity index (χ1v) is 7.68. The van der Waals surface area contributed by atoms with Crippen molar-refractivity contribution in [3.63, 3.8) is 0 Å². The zero-order valence-corrected chi connectivity index (χ0v) is 13.3. The van der Waals surface area contributed by atoms with E-state index in [9.17, 15) is 4.79 Å². The minimum Gasteiger partial charge on any atom is -0.451 e. The van der Waals surface area contributed by atoms with Crippen LogP contribution in [-0.4, -0.2) is 24.5 Å². The van der Waals surface area contributed by atoms with Gasteiger partial charge < -0.3 is 14.2 Å². The van der Waals surface area contributed by atoms with Crippen LogP contribution in [0.25, 0.3) is 0 Å². The summed E-state index contributed by atoms with van der Waals surface area (Å²) in [4.78, 5) is 12.4. The number of rotatable bonds is 4. The Hall–Kier alpha value is -2.17. The molecule has 120 valence electrons. The van der Waals surface area contributed by atoms with Gasteiger partial charge in [-0.15, -0.1) is 0 Å². The molecule has 1 aliphatic rings. The van der Waals surface area contributed by atoms with Crippen molar-refractivity contribution >= 4 is 5.97 Å². The van der Waals surface area contributed by atoms with Crippen LogP contribution in [0.1, 0.15) is 35.9 Å². The first-order chi connectivity index (χ1) is 11.1. The first-order valence-electron chi connectivity index (χ1n) is 7.68. The smallest absolute Gasteiger partial charge is 0.338 e. The normalized spacial score (nSPS) is 20.9. The zero-order valence-electron chi connectivity index (χ0n) is 13.3. The molecule has 0 N–H and O–H groups in total. The van der Waals surface area contributed by atoms with Gasteiger partial charge in [-0.3, -0.25) is 0 Å². The minimum atomic E-state index is -0.670. The first kappa shape index (κ1) is 15.7. The van der Waals surface area contributed by atoms with Crippen molar-refractivity contribution in [1.82, 2.24) is 0 Å². The highest BCUT2D eigenvalue weighted by molar-refractivity contribution is 5.89. The maximum Gasteiger partial charge on any atom is 0.338 e. The number of ether oxygens (including phenoxy) is 3. The van der Waals surface area contributed by atoms with Crippen LogP contribution in [0.2, 0.25) is 0 Å². The van der Waals surface area contributed by atoms with Crippen LogP contribution in [0, 0.1) is 0 Å². The lowest BCUT2D eigenvalue weighted by atomic mass is 10.0. The Morgan fingerprint density at radius 1 is 1.09 bits per heavy atom. The van der Waals surface area contributed by atoms with Gasteiger partial charge in [-0.2, -0.15) is 0 Å². The molecule has 0 bridgehead atoms. The van der Waals surface area contributed by atoms with E-state index in [2.05, 4.69) is 0 Å². The van der Waals surface area contributed by atoms with Crippen molar-refractivity contribution in [2.45, 2.75) is 31.8 Å². The van der Waals surface area contributed by atoms with Crippen LogP contribution >= 0.6 is 0 Å². The van der Waals surface area contributed by atoms with E-state index in [0.29, 0.717) is 12.2 Å². The van der Waals surface area contributed by atoms with Crippen molar-refractivity contribution in [3.8, 4) is 0 Å². The summed E-state index contributed by atoms with van der Waals surface area (Å²) in [5, 5.41) is 0. The van der Waals surface area contributed by atoms with Gasteiger partial charge in [-0.1, -0.05) is 48.5 Å². The average molecular weight is 312 g/mol. The Morgan fingerprint density at radius 3 is 2.26 bits per heavy atom. The molecule has 0 saturated carbocycles. The summed E-state index contributed by atoms with van der Waals surface area (Å²) in [6.45, 7) is 4.09. The fraction of sp³-hybridized carbons (Fsp3) is 0.316. The fourth-order valence-corrected chi connectivity index (χ4v) is 2.62. The summed E-state index contributed by atoms with van der Waals surface area (Å²) in [6, 6.07) is 18.6. The van der Waals surface area contributed by atoms with Gasteiger partial charge in [0.25, 0.3) is 0 Å². The summed E-state index contributed by atoms with van der Waals surface area (Å²) in [5.41, 5.74) is 1.41. The van der Waals surface area contributed by atoms with E-state index in [-0.39, 0.29) is 12.1 Å². The molecule has 0 unspecified atom stereocenters. The highest BCUT2D eigenvalue weighted by Gasteiger charge is 2.40. The summed E-state index contributed by atoms with van der Waals surface area (Å²) >= 11 is 0. The van der Waals surface area contributed by atoms with Crippen LogP contribution in [0.15, 0.2) is 60.7 Å². The maximum atomic E-state index is 12.4. The molecule has 3 rings (SSSR count). The van der Waals surface area contributed by atoms with Crippen LogP contribution in [0.5, 0.6) is 0 Å². The molecule has 0 spiro atoms. The van der Waals surface area contributed by atoms with Gasteiger partial charge in [0, 0.05) is 0 Å². The van der Waals surface area contributed by atoms with Gasteiger partial charge in [0.2, 0.25) is 0 Å². The predicted molar refractivity (Wildman–Crippen MR) is 85.9 cm³/mol. The molecule has 4 heteroatoms. The maximum absolute atomic E-state index is 12.4. The number of hydrogen-bond donors (Lipinski definition) is 0. The van der Waals surface area contributed by atoms with E-state index in [4.69, 9.17) is 14.2 Å². The van der Waals surface area contributed by atoms with E-state index in [1.807, 2.05) is 62.4 Å². The van der Waals surface area contributed by atoms with Gasteiger partial charge in [0.15, 0.2) is 11.9 Å². The summed E-state index contributed by atoms with van der Waals surface area (Å²) in [5.74, 6) is -1.04. The van der Waals surface area contributed by atoms with Crippen LogP contribution in [0.3, 0.4) is 0 Å². The van der Waals surface area contributed by atoms with Crippen LogP contribution in [-0.2, 0) is 14.2 Å². The van der Waals surface area contributed by atoms with Crippen LogP contribution < -0.4 is 0 Å². The third-order valence-corrected chi connectivity index (χ3v) is 3.74. The molecule has 2 atom stereocenters. The molecule has 0 radical (unpaired) electrons. The van der Waals surface area contributed by atoms with Gasteiger partial charge in [-0.05, 0) is 31.5 Å². The molecule has 0 amide bonds. The Labute approximate surface area is 136 Å². The number of benzene rings is 2. The Balaban J connectivity index is 1.83. The molecule has 0 aliphatic carbocycles. The number of carbonyl (C=O) groups is 1. The molecular formula is C19H20O4. The quantitative estimate of drug-likeness (QED) is 0.807. The average Bonchev–Trinajstić information content (AvgIpc) is 2.93. The molecule has 2 aromatic rings. The minimum absolute atomic E-state index is 0.333. The molecule has 2 aromatic carbocycles. The van der Waals surface area contributed by atoms with Crippen molar-refractivity contribution in [2.24, 2.45) is 0 Å². The SMILES string of the molecule is CC1(C)OC[C@@H]([C@H](OC(=O)c2ccccc2)c2ccccc2)O1. The predicted octanol–water partition coefficient (Wildman–Crippen LogP) is 3.74. The van der Waals surface area contributed by atoms with E-state index in [1.54, 1.807) is 12.1 Å². The van der Waals surface area contributed by atoms with E-state index in [1.165, 1.54) is 0 Å². The second-order valence-electron chi connectivity index (χ2n) is 5.97. The van der Waals surface area contributed by atoms with Crippen molar-refractivity contribution in [2.75, 3.05) is 6.61 Å². The Kier molecular flexibility index (Phi) is 4.46. The molecule has 0 aromatic heterocycles. The van der Waals surface area contributed by atoms with E-state index < -0.39 is 11.9 Å². The van der Waals surface area contributed by atoms with Gasteiger partial charge in [0.05, 0.1) is 12.2 Å². The second-order valence-corrected chi connectivity index (χ2v) is 5.97. The van der Waals surface area contributed by atoms with E-state index >= 15 is 0 Å². The summed E-state index contributed by atoms with van der Waals surface area (Å²) in [7, 11) is 0. The molecule has 1 fully saturated rings. The third-order valence-electron chi connectivity index (χ3n) is 3.74. The molecule has 4 nitrogen and oxygen atoms in total. The molecule has 23 heavy (non-hydrogen) atoms. The van der Waals surface area contributed by atoms with Gasteiger partial charge >= 0.3 is 5.97 Å². The van der Waals surface area contributed by atoms with Crippen LogP contribution in [0.4, 0.5) is 0 Å². The number of esters is 1. The van der Waals surface area contributed by atoms with Crippen molar-refractivity contribution in [1.29, 1.82) is 0 Å². The summed E-state index contributed by atoms with van der Waals surface area (Å²) < 4.78 is 17.3. The lowest BCUT2D eigenvalue weighted by molar-refractivity contribution is -0.152. The van der Waals surface area contributed by atoms with Crippen molar-refractivity contribution in [3.05, 3.63) is 71.8 Å². The fourth-order valence-electron chi connectivity index (χ4n) is 2.62. The Bertz CT molecular complexity index is 652. The zero-order chi connectivity index (χ0) is 16.3. The lowest BCUT2D eigenvalue weighted by Gasteiger charge is -2.24. The lowest BCUT2D eigenvalue weighted by Crippen LogP contribution is -2.28. The monoisotopic (exact) mass is 312 g/mol. The Morgan fingerprint density at radius 2 is 1.70 bits per heavy atom. The largest absolute Gasteiger partial charge is 0.451 e. The highest BCUT2D eigenvalue weighted by Crippen LogP contribution is 2.33. The second kappa shape index (κ2) is 6.52. The third kappa shape index (κ3) is 3.78. The van der Waals surface area contributed by atoms with Crippen molar-refractivity contribution < 1.29 is 19.0 Å². The molecule has 1 aliphatic heterocycles. The highest BCUT2D eigenvalue weighted by atomic mass is 16.8. The van der Waals surface area contributed by atoms with E-state index in [0.717, 1.165) is 5.56 Å². The van der Waals surface area contributed by atoms with Gasteiger partial charge in [-0.25, -0.2) is 4.79 Å². The van der Waals surface area contributed by atoms with Gasteiger partial charge in [0.1, 0.15) is 6.10 Å². The standard InChI is InChI=1S/C19H20O4/c1-19(2)21-13-16(23-19)17(14-9-5-3-6-10-14)22-18(20)15-11-7-4-8-12-15/h3-12,16-17H,13H2,1-2H3/t16-,17+/m0/s1. The number of hydrogen-bond acceptors (Lipinski definition) is 4.